The highest BCUT2D eigenvalue weighted by Gasteiger charge is 2.32. The Morgan fingerprint density at radius 3 is 1.96 bits per heavy atom. The van der Waals surface area contributed by atoms with Gasteiger partial charge in [0.25, 0.3) is 5.91 Å². The van der Waals surface area contributed by atoms with Crippen molar-refractivity contribution in [3.8, 4) is 11.1 Å². The Labute approximate surface area is 151 Å². The summed E-state index contributed by atoms with van der Waals surface area (Å²) in [6.45, 7) is 0. The fourth-order valence-electron chi connectivity index (χ4n) is 3.94. The lowest BCUT2D eigenvalue weighted by Crippen LogP contribution is -2.51. The molecule has 0 radical (unpaired) electrons. The normalized spacial score (nSPS) is 20.5. The second kappa shape index (κ2) is 7.83. The molecular formula is C22H28N2O. The van der Waals surface area contributed by atoms with E-state index < -0.39 is 0 Å². The predicted octanol–water partition coefficient (Wildman–Crippen LogP) is 4.30. The summed E-state index contributed by atoms with van der Waals surface area (Å²) < 4.78 is 0. The van der Waals surface area contributed by atoms with Crippen molar-refractivity contribution in [2.24, 2.45) is 0 Å². The molecule has 0 saturated heterocycles. The quantitative estimate of drug-likeness (QED) is 0.831. The van der Waals surface area contributed by atoms with Crippen LogP contribution >= 0.6 is 0 Å². The molecule has 0 heterocycles. The van der Waals surface area contributed by atoms with Crippen molar-refractivity contribution >= 4 is 5.91 Å². The highest BCUT2D eigenvalue weighted by molar-refractivity contribution is 5.94. The van der Waals surface area contributed by atoms with Crippen LogP contribution in [-0.4, -0.2) is 48.9 Å². The first-order chi connectivity index (χ1) is 12.1. The van der Waals surface area contributed by atoms with Crippen molar-refractivity contribution in [1.29, 1.82) is 0 Å². The molecule has 1 saturated carbocycles. The first-order valence-electron chi connectivity index (χ1n) is 9.17. The molecule has 3 nitrogen and oxygen atoms in total. The summed E-state index contributed by atoms with van der Waals surface area (Å²) in [7, 11) is 6.20. The van der Waals surface area contributed by atoms with Crippen LogP contribution < -0.4 is 0 Å². The third-order valence-corrected chi connectivity index (χ3v) is 5.41. The van der Waals surface area contributed by atoms with Crippen molar-refractivity contribution in [3.63, 3.8) is 0 Å². The fourth-order valence-corrected chi connectivity index (χ4v) is 3.94. The molecule has 3 heteroatoms. The van der Waals surface area contributed by atoms with Gasteiger partial charge in [0.1, 0.15) is 0 Å². The maximum absolute atomic E-state index is 13.0. The Balaban J connectivity index is 1.76. The van der Waals surface area contributed by atoms with Crippen LogP contribution in [0.4, 0.5) is 0 Å². The Hall–Kier alpha value is -2.13. The molecule has 1 aliphatic rings. The average molecular weight is 336 g/mol. The van der Waals surface area contributed by atoms with E-state index >= 15 is 0 Å². The summed E-state index contributed by atoms with van der Waals surface area (Å²) in [6, 6.07) is 19.0. The summed E-state index contributed by atoms with van der Waals surface area (Å²) in [6.07, 6.45) is 4.72. The molecule has 0 aromatic heterocycles. The lowest BCUT2D eigenvalue weighted by atomic mass is 9.88. The number of carbonyl (C=O) groups is 1. The van der Waals surface area contributed by atoms with Crippen LogP contribution in [0.25, 0.3) is 11.1 Å². The fraction of sp³-hybridized carbons (Fsp3) is 0.409. The molecule has 1 aliphatic carbocycles. The molecule has 1 fully saturated rings. The van der Waals surface area contributed by atoms with Crippen LogP contribution in [-0.2, 0) is 0 Å². The third-order valence-electron chi connectivity index (χ3n) is 5.41. The largest absolute Gasteiger partial charge is 0.337 e. The monoisotopic (exact) mass is 336 g/mol. The SMILES string of the molecule is CN(C)C1CCCCC1N(C)C(=O)c1ccc(-c2ccccc2)cc1. The first kappa shape index (κ1) is 17.7. The minimum absolute atomic E-state index is 0.123. The second-order valence-electron chi connectivity index (χ2n) is 7.24. The van der Waals surface area contributed by atoms with Crippen molar-refractivity contribution in [2.75, 3.05) is 21.1 Å². The molecule has 0 aliphatic heterocycles. The molecule has 2 aromatic rings. The standard InChI is InChI=1S/C22H28N2O/c1-23(2)20-11-7-8-12-21(20)24(3)22(25)19-15-13-18(14-16-19)17-9-5-4-6-10-17/h4-6,9-10,13-16,20-21H,7-8,11-12H2,1-3H3. The Kier molecular flexibility index (Phi) is 5.54. The molecule has 1 amide bonds. The Morgan fingerprint density at radius 2 is 1.36 bits per heavy atom. The molecule has 0 spiro atoms. The molecule has 25 heavy (non-hydrogen) atoms. The van der Waals surface area contributed by atoms with E-state index in [0.29, 0.717) is 12.1 Å². The number of benzene rings is 2. The minimum Gasteiger partial charge on any atom is -0.337 e. The van der Waals surface area contributed by atoms with Crippen LogP contribution in [0.15, 0.2) is 54.6 Å². The third kappa shape index (κ3) is 3.93. The van der Waals surface area contributed by atoms with E-state index in [2.05, 4.69) is 31.1 Å². The van der Waals surface area contributed by atoms with Gasteiger partial charge in [-0.1, -0.05) is 55.3 Å². The number of hydrogen-bond acceptors (Lipinski definition) is 2. The predicted molar refractivity (Wildman–Crippen MR) is 104 cm³/mol. The Bertz CT molecular complexity index is 694. The molecule has 132 valence electrons. The first-order valence-corrected chi connectivity index (χ1v) is 9.17. The summed E-state index contributed by atoms with van der Waals surface area (Å²) in [5.74, 6) is 0.123. The van der Waals surface area contributed by atoms with Crippen LogP contribution in [0.3, 0.4) is 0 Å². The number of hydrogen-bond donors (Lipinski definition) is 0. The maximum Gasteiger partial charge on any atom is 0.253 e. The van der Waals surface area contributed by atoms with Gasteiger partial charge < -0.3 is 9.80 Å². The van der Waals surface area contributed by atoms with Gasteiger partial charge >= 0.3 is 0 Å². The number of amides is 1. The van der Waals surface area contributed by atoms with Crippen LogP contribution in [0.5, 0.6) is 0 Å². The van der Waals surface area contributed by atoms with E-state index in [0.717, 1.165) is 17.5 Å². The highest BCUT2D eigenvalue weighted by atomic mass is 16.2. The van der Waals surface area contributed by atoms with E-state index in [-0.39, 0.29) is 5.91 Å². The molecule has 3 rings (SSSR count). The van der Waals surface area contributed by atoms with Gasteiger partial charge in [0, 0.05) is 24.7 Å². The smallest absolute Gasteiger partial charge is 0.253 e. The van der Waals surface area contributed by atoms with Gasteiger partial charge in [-0.2, -0.15) is 0 Å². The summed E-state index contributed by atoms with van der Waals surface area (Å²) in [5, 5.41) is 0. The summed E-state index contributed by atoms with van der Waals surface area (Å²) in [5.41, 5.74) is 3.09. The number of likely N-dealkylation sites (N-methyl/N-ethyl adjacent to an activating group) is 2. The van der Waals surface area contributed by atoms with Gasteiger partial charge in [0.05, 0.1) is 0 Å². The van der Waals surface area contributed by atoms with Crippen molar-refractivity contribution in [3.05, 3.63) is 60.2 Å². The second-order valence-corrected chi connectivity index (χ2v) is 7.24. The van der Waals surface area contributed by atoms with Crippen LogP contribution in [0.2, 0.25) is 0 Å². The van der Waals surface area contributed by atoms with Crippen LogP contribution in [0.1, 0.15) is 36.0 Å². The van der Waals surface area contributed by atoms with Gasteiger partial charge in [0.2, 0.25) is 0 Å². The number of carbonyl (C=O) groups excluding carboxylic acids is 1. The summed E-state index contributed by atoms with van der Waals surface area (Å²) >= 11 is 0. The minimum atomic E-state index is 0.123. The van der Waals surface area contributed by atoms with Gasteiger partial charge in [-0.25, -0.2) is 0 Å². The van der Waals surface area contributed by atoms with E-state index in [9.17, 15) is 4.79 Å². The zero-order valence-corrected chi connectivity index (χ0v) is 15.5. The van der Waals surface area contributed by atoms with E-state index in [1.807, 2.05) is 54.4 Å². The Morgan fingerprint density at radius 1 is 0.800 bits per heavy atom. The highest BCUT2D eigenvalue weighted by Crippen LogP contribution is 2.27. The van der Waals surface area contributed by atoms with Gasteiger partial charge in [-0.05, 0) is 50.2 Å². The molecule has 2 atom stereocenters. The average Bonchev–Trinajstić information content (AvgIpc) is 2.67. The lowest BCUT2D eigenvalue weighted by molar-refractivity contribution is 0.0544. The zero-order valence-electron chi connectivity index (χ0n) is 15.5. The van der Waals surface area contributed by atoms with Gasteiger partial charge in [-0.15, -0.1) is 0 Å². The van der Waals surface area contributed by atoms with Crippen molar-refractivity contribution in [2.45, 2.75) is 37.8 Å². The summed E-state index contributed by atoms with van der Waals surface area (Å²) in [4.78, 5) is 17.2. The van der Waals surface area contributed by atoms with E-state index in [1.54, 1.807) is 0 Å². The molecular weight excluding hydrogens is 308 g/mol. The molecule has 0 bridgehead atoms. The zero-order chi connectivity index (χ0) is 17.8. The number of nitrogens with zero attached hydrogens (tertiary/aromatic N) is 2. The number of rotatable bonds is 4. The maximum atomic E-state index is 13.0. The topological polar surface area (TPSA) is 23.6 Å². The van der Waals surface area contributed by atoms with Crippen molar-refractivity contribution < 1.29 is 4.79 Å². The van der Waals surface area contributed by atoms with Gasteiger partial charge in [-0.3, -0.25) is 4.79 Å². The molecule has 2 unspecified atom stereocenters. The van der Waals surface area contributed by atoms with Crippen LogP contribution in [0, 0.1) is 0 Å². The van der Waals surface area contributed by atoms with Crippen molar-refractivity contribution in [1.82, 2.24) is 9.80 Å². The molecule has 2 aromatic carbocycles. The van der Waals surface area contributed by atoms with E-state index in [1.165, 1.54) is 24.8 Å². The van der Waals surface area contributed by atoms with E-state index in [4.69, 9.17) is 0 Å². The molecule has 0 N–H and O–H groups in total. The lowest BCUT2D eigenvalue weighted by Gasteiger charge is -2.41. The van der Waals surface area contributed by atoms with Gasteiger partial charge in [0.15, 0.2) is 0 Å².